The van der Waals surface area contributed by atoms with E-state index in [1.165, 1.54) is 22.6 Å². The van der Waals surface area contributed by atoms with Crippen molar-refractivity contribution in [2.24, 2.45) is 0 Å². The van der Waals surface area contributed by atoms with E-state index in [1.807, 2.05) is 11.3 Å². The summed E-state index contributed by atoms with van der Waals surface area (Å²) in [6, 6.07) is 2.29. The summed E-state index contributed by atoms with van der Waals surface area (Å²) in [6.07, 6.45) is 1.27. The fourth-order valence-corrected chi connectivity index (χ4v) is 2.81. The number of thioether (sulfide) groups is 1. The molecule has 1 atom stereocenters. The topological polar surface area (TPSA) is 0 Å². The molecule has 0 bridgehead atoms. The van der Waals surface area contributed by atoms with Crippen molar-refractivity contribution in [2.45, 2.75) is 38.2 Å². The molecular weight excluding hydrogens is 184 g/mol. The van der Waals surface area contributed by atoms with E-state index in [1.54, 1.807) is 0 Å². The van der Waals surface area contributed by atoms with Gasteiger partial charge in [0.15, 0.2) is 0 Å². The van der Waals surface area contributed by atoms with Crippen LogP contribution in [0.5, 0.6) is 0 Å². The summed E-state index contributed by atoms with van der Waals surface area (Å²) < 4.78 is 0. The zero-order valence-electron chi connectivity index (χ0n) is 7.96. The van der Waals surface area contributed by atoms with Gasteiger partial charge in [0.25, 0.3) is 0 Å². The van der Waals surface area contributed by atoms with Gasteiger partial charge in [0.2, 0.25) is 0 Å². The van der Waals surface area contributed by atoms with Crippen LogP contribution in [-0.2, 0) is 5.75 Å². The monoisotopic (exact) mass is 200 g/mol. The van der Waals surface area contributed by atoms with Crippen molar-refractivity contribution < 1.29 is 0 Å². The van der Waals surface area contributed by atoms with Crippen LogP contribution in [-0.4, -0.2) is 5.25 Å². The Bertz CT molecular complexity index is 227. The van der Waals surface area contributed by atoms with Crippen molar-refractivity contribution in [2.75, 3.05) is 0 Å². The number of hydrogen-bond acceptors (Lipinski definition) is 2. The van der Waals surface area contributed by atoms with Crippen LogP contribution in [0.2, 0.25) is 0 Å². The van der Waals surface area contributed by atoms with Crippen molar-refractivity contribution in [1.29, 1.82) is 0 Å². The second kappa shape index (κ2) is 4.93. The Morgan fingerprint density at radius 1 is 1.58 bits per heavy atom. The minimum atomic E-state index is 0.799. The van der Waals surface area contributed by atoms with Crippen LogP contribution < -0.4 is 0 Å². The fourth-order valence-electron chi connectivity index (χ4n) is 0.909. The Labute approximate surface area is 83.4 Å². The summed E-state index contributed by atoms with van der Waals surface area (Å²) in [5.74, 6) is 1.19. The summed E-state index contributed by atoms with van der Waals surface area (Å²) >= 11 is 3.93. The summed E-state index contributed by atoms with van der Waals surface area (Å²) in [5.41, 5.74) is 1.40. The third kappa shape index (κ3) is 3.20. The molecule has 1 heterocycles. The quantitative estimate of drug-likeness (QED) is 0.705. The molecule has 0 radical (unpaired) electrons. The maximum Gasteiger partial charge on any atom is 0.0281 e. The first-order valence-corrected chi connectivity index (χ1v) is 6.30. The summed E-state index contributed by atoms with van der Waals surface area (Å²) in [5, 5.41) is 3.03. The predicted molar refractivity (Wildman–Crippen MR) is 60.1 cm³/mol. The van der Waals surface area contributed by atoms with Gasteiger partial charge in [0, 0.05) is 15.9 Å². The lowest BCUT2D eigenvalue weighted by molar-refractivity contribution is 0.905. The Morgan fingerprint density at radius 2 is 2.33 bits per heavy atom. The number of aryl methyl sites for hydroxylation is 1. The second-order valence-corrected chi connectivity index (χ2v) is 5.54. The minimum absolute atomic E-state index is 0.799. The van der Waals surface area contributed by atoms with Crippen LogP contribution >= 0.6 is 23.1 Å². The first-order valence-electron chi connectivity index (χ1n) is 4.38. The molecule has 1 aromatic rings. The summed E-state index contributed by atoms with van der Waals surface area (Å²) in [4.78, 5) is 1.51. The molecule has 0 N–H and O–H groups in total. The zero-order chi connectivity index (χ0) is 8.97. The third-order valence-electron chi connectivity index (χ3n) is 1.87. The third-order valence-corrected chi connectivity index (χ3v) is 4.49. The van der Waals surface area contributed by atoms with Gasteiger partial charge in [-0.3, -0.25) is 0 Å². The molecule has 0 aromatic carbocycles. The maximum atomic E-state index is 2.30. The van der Waals surface area contributed by atoms with E-state index in [0.717, 1.165) is 5.25 Å². The molecule has 0 amide bonds. The molecule has 0 nitrogen and oxygen atoms in total. The molecule has 0 saturated heterocycles. The Kier molecular flexibility index (Phi) is 4.16. The minimum Gasteiger partial charge on any atom is -0.153 e. The summed E-state index contributed by atoms with van der Waals surface area (Å²) in [6.45, 7) is 6.70. The molecule has 1 unspecified atom stereocenters. The average molecular weight is 200 g/mol. The first kappa shape index (κ1) is 10.1. The highest BCUT2D eigenvalue weighted by Gasteiger charge is 2.01. The van der Waals surface area contributed by atoms with E-state index in [4.69, 9.17) is 0 Å². The van der Waals surface area contributed by atoms with Crippen LogP contribution in [0.1, 0.15) is 30.7 Å². The highest BCUT2D eigenvalue weighted by molar-refractivity contribution is 7.99. The standard InChI is InChI=1S/C10H16S2/c1-4-9(3)11-7-10-5-8(2)6-12-10/h5-6,9H,4,7H2,1-3H3. The van der Waals surface area contributed by atoms with Gasteiger partial charge in [-0.2, -0.15) is 11.8 Å². The van der Waals surface area contributed by atoms with Crippen LogP contribution in [0.25, 0.3) is 0 Å². The average Bonchev–Trinajstić information content (AvgIpc) is 2.47. The number of thiophene rings is 1. The Morgan fingerprint density at radius 3 is 2.83 bits per heavy atom. The lowest BCUT2D eigenvalue weighted by Crippen LogP contribution is -1.92. The first-order chi connectivity index (χ1) is 5.72. The van der Waals surface area contributed by atoms with Crippen LogP contribution in [0, 0.1) is 6.92 Å². The molecule has 12 heavy (non-hydrogen) atoms. The predicted octanol–water partition coefficient (Wildman–Crippen LogP) is 4.09. The van der Waals surface area contributed by atoms with Gasteiger partial charge in [-0.25, -0.2) is 0 Å². The largest absolute Gasteiger partial charge is 0.153 e. The Hall–Kier alpha value is 0.0500. The molecule has 0 saturated carbocycles. The van der Waals surface area contributed by atoms with Gasteiger partial charge in [-0.15, -0.1) is 11.3 Å². The summed E-state index contributed by atoms with van der Waals surface area (Å²) in [7, 11) is 0. The van der Waals surface area contributed by atoms with E-state index in [9.17, 15) is 0 Å². The highest BCUT2D eigenvalue weighted by atomic mass is 32.2. The SMILES string of the molecule is CCC(C)SCc1cc(C)cs1. The van der Waals surface area contributed by atoms with Gasteiger partial charge in [0.1, 0.15) is 0 Å². The van der Waals surface area contributed by atoms with Crippen LogP contribution in [0.15, 0.2) is 11.4 Å². The molecule has 2 heteroatoms. The lowest BCUT2D eigenvalue weighted by atomic mass is 10.4. The molecule has 0 aliphatic carbocycles. The Balaban J connectivity index is 2.33. The molecule has 0 aliphatic rings. The van der Waals surface area contributed by atoms with Crippen molar-refractivity contribution in [1.82, 2.24) is 0 Å². The van der Waals surface area contributed by atoms with E-state index in [-0.39, 0.29) is 0 Å². The molecule has 68 valence electrons. The molecule has 1 rings (SSSR count). The van der Waals surface area contributed by atoms with E-state index in [0.29, 0.717) is 0 Å². The molecular formula is C10H16S2. The zero-order valence-corrected chi connectivity index (χ0v) is 9.60. The normalized spacial score (nSPS) is 13.2. The molecule has 0 aliphatic heterocycles. The van der Waals surface area contributed by atoms with Crippen molar-refractivity contribution in [3.05, 3.63) is 21.9 Å². The van der Waals surface area contributed by atoms with E-state index in [2.05, 4.69) is 44.0 Å². The number of hydrogen-bond donors (Lipinski definition) is 0. The number of rotatable bonds is 4. The molecule has 1 aromatic heterocycles. The van der Waals surface area contributed by atoms with Crippen molar-refractivity contribution >= 4 is 23.1 Å². The molecule has 0 spiro atoms. The van der Waals surface area contributed by atoms with Gasteiger partial charge in [-0.05, 0) is 30.4 Å². The second-order valence-electron chi connectivity index (χ2n) is 3.12. The van der Waals surface area contributed by atoms with Crippen LogP contribution in [0.3, 0.4) is 0 Å². The van der Waals surface area contributed by atoms with Gasteiger partial charge in [-0.1, -0.05) is 13.8 Å². The lowest BCUT2D eigenvalue weighted by Gasteiger charge is -2.05. The molecule has 0 fully saturated rings. The van der Waals surface area contributed by atoms with Crippen molar-refractivity contribution in [3.8, 4) is 0 Å². The maximum absolute atomic E-state index is 2.30. The van der Waals surface area contributed by atoms with E-state index >= 15 is 0 Å². The highest BCUT2D eigenvalue weighted by Crippen LogP contribution is 2.23. The fraction of sp³-hybridized carbons (Fsp3) is 0.600. The van der Waals surface area contributed by atoms with Crippen LogP contribution in [0.4, 0.5) is 0 Å². The van der Waals surface area contributed by atoms with Gasteiger partial charge >= 0.3 is 0 Å². The van der Waals surface area contributed by atoms with Gasteiger partial charge < -0.3 is 0 Å². The van der Waals surface area contributed by atoms with Crippen molar-refractivity contribution in [3.63, 3.8) is 0 Å². The smallest absolute Gasteiger partial charge is 0.0281 e. The van der Waals surface area contributed by atoms with Gasteiger partial charge in [0.05, 0.1) is 0 Å². The van der Waals surface area contributed by atoms with E-state index < -0.39 is 0 Å².